The number of hydrogen-bond donors (Lipinski definition) is 7. The molecule has 1 amide bonds. The van der Waals surface area contributed by atoms with Crippen molar-refractivity contribution in [2.45, 2.75) is 108 Å². The molecule has 1 rings (SSSR count). The Morgan fingerprint density at radius 1 is 0.946 bits per heavy atom. The summed E-state index contributed by atoms with van der Waals surface area (Å²) in [4.78, 5) is 42.4. The Bertz CT molecular complexity index is 676. The van der Waals surface area contributed by atoms with Gasteiger partial charge in [0.1, 0.15) is 24.1 Å². The van der Waals surface area contributed by atoms with Crippen molar-refractivity contribution in [3.05, 3.63) is 0 Å². The van der Waals surface area contributed by atoms with E-state index >= 15 is 0 Å². The number of phosphoric ester groups is 1. The number of carbonyl (C=O) groups excluding carboxylic acids is 2. The quantitative estimate of drug-likeness (QED) is 0.0370. The molecule has 198 valence electrons. The number of ketones is 1. The fourth-order valence-electron chi connectivity index (χ4n) is 3.63. The first-order valence-corrected chi connectivity index (χ1v) is 12.9. The van der Waals surface area contributed by atoms with Gasteiger partial charge in [-0.3, -0.25) is 14.1 Å². The summed E-state index contributed by atoms with van der Waals surface area (Å²) in [6, 6.07) is 0. The molecule has 0 unspecified atom stereocenters. The molecule has 0 bridgehead atoms. The number of rotatable bonds is 16. The van der Waals surface area contributed by atoms with Crippen LogP contribution in [0.25, 0.3) is 0 Å². The first kappa shape index (κ1) is 47.0. The van der Waals surface area contributed by atoms with E-state index in [1.165, 1.54) is 25.7 Å². The SMILES string of the molecule is CCCCCCCCCCCC(=O)CC(=O)N[C@]1(O)[C@@H](OP(=O)(O)O)O[C@H](CO)[C@@H](O)[C@@H]1O.[Na].[Na].[Na].[Na]. The molecule has 0 aromatic heterocycles. The van der Waals surface area contributed by atoms with Crippen molar-refractivity contribution in [2.75, 3.05) is 6.61 Å². The van der Waals surface area contributed by atoms with E-state index in [1.807, 2.05) is 5.32 Å². The van der Waals surface area contributed by atoms with E-state index in [-0.39, 0.29) is 125 Å². The molecule has 1 heterocycles. The van der Waals surface area contributed by atoms with E-state index < -0.39 is 62.9 Å². The maximum Gasteiger partial charge on any atom is 0.472 e. The number of amides is 1. The smallest absolute Gasteiger partial charge is 0.394 e. The van der Waals surface area contributed by atoms with Crippen molar-refractivity contribution >= 4 is 138 Å². The summed E-state index contributed by atoms with van der Waals surface area (Å²) in [5, 5.41) is 41.9. The molecule has 0 aromatic rings. The largest absolute Gasteiger partial charge is 0.472 e. The van der Waals surface area contributed by atoms with E-state index in [0.717, 1.165) is 25.7 Å². The number of nitrogens with one attached hydrogen (secondary N) is 1. The average molecular weight is 591 g/mol. The minimum Gasteiger partial charge on any atom is -0.394 e. The van der Waals surface area contributed by atoms with E-state index in [0.29, 0.717) is 6.42 Å². The fourth-order valence-corrected chi connectivity index (χ4v) is 4.09. The van der Waals surface area contributed by atoms with Gasteiger partial charge in [0.15, 0.2) is 0 Å². The van der Waals surface area contributed by atoms with Crippen LogP contribution in [-0.4, -0.2) is 197 Å². The third kappa shape index (κ3) is 18.3. The van der Waals surface area contributed by atoms with Crippen LogP contribution in [0, 0.1) is 0 Å². The van der Waals surface area contributed by atoms with Gasteiger partial charge >= 0.3 is 7.82 Å². The number of aliphatic hydroxyl groups is 4. The molecule has 12 nitrogen and oxygen atoms in total. The van der Waals surface area contributed by atoms with Crippen molar-refractivity contribution in [1.82, 2.24) is 5.32 Å². The zero-order chi connectivity index (χ0) is 25.1. The Kier molecular flexibility index (Phi) is 31.1. The second-order valence-corrected chi connectivity index (χ2v) is 9.58. The number of unbranched alkanes of at least 4 members (excludes halogenated alkanes) is 8. The third-order valence-corrected chi connectivity index (χ3v) is 5.95. The average Bonchev–Trinajstić information content (AvgIpc) is 2.72. The summed E-state index contributed by atoms with van der Waals surface area (Å²) < 4.78 is 20.4. The number of hydrogen-bond acceptors (Lipinski definition) is 9. The van der Waals surface area contributed by atoms with Crippen LogP contribution in [0.1, 0.15) is 77.6 Å². The van der Waals surface area contributed by atoms with Crippen molar-refractivity contribution in [2.24, 2.45) is 0 Å². The zero-order valence-electron chi connectivity index (χ0n) is 23.0. The van der Waals surface area contributed by atoms with Gasteiger partial charge in [0.2, 0.25) is 17.9 Å². The maximum absolute atomic E-state index is 12.3. The molecular weight excluding hydrogens is 553 g/mol. The van der Waals surface area contributed by atoms with Crippen LogP contribution in [0.3, 0.4) is 0 Å². The monoisotopic (exact) mass is 591 g/mol. The molecular formula is C20H38NNa4O11P. The zero-order valence-corrected chi connectivity index (χ0v) is 31.9. The van der Waals surface area contributed by atoms with Gasteiger partial charge in [-0.05, 0) is 6.42 Å². The van der Waals surface area contributed by atoms with Crippen molar-refractivity contribution in [1.29, 1.82) is 0 Å². The number of Topliss-reactive ketones (excluding diaryl/α,β-unsaturated/α-hetero) is 1. The summed E-state index contributed by atoms with van der Waals surface area (Å²) in [5.41, 5.74) is -2.98. The van der Waals surface area contributed by atoms with Crippen LogP contribution in [0.15, 0.2) is 0 Å². The van der Waals surface area contributed by atoms with Gasteiger partial charge in [-0.15, -0.1) is 0 Å². The number of ether oxygens (including phenoxy) is 1. The second kappa shape index (κ2) is 24.5. The summed E-state index contributed by atoms with van der Waals surface area (Å²) >= 11 is 0. The Morgan fingerprint density at radius 3 is 1.89 bits per heavy atom. The van der Waals surface area contributed by atoms with Gasteiger partial charge < -0.3 is 40.3 Å². The maximum atomic E-state index is 12.3. The summed E-state index contributed by atoms with van der Waals surface area (Å²) in [6.45, 7) is 1.29. The van der Waals surface area contributed by atoms with Crippen LogP contribution in [0.5, 0.6) is 0 Å². The van der Waals surface area contributed by atoms with Gasteiger partial charge in [0.05, 0.1) is 13.0 Å². The molecule has 1 aliphatic rings. The van der Waals surface area contributed by atoms with Crippen molar-refractivity contribution in [3.63, 3.8) is 0 Å². The molecule has 7 N–H and O–H groups in total. The topological polar surface area (TPSA) is 203 Å². The van der Waals surface area contributed by atoms with Crippen LogP contribution in [-0.2, 0) is 23.4 Å². The van der Waals surface area contributed by atoms with Gasteiger partial charge in [-0.2, -0.15) is 0 Å². The van der Waals surface area contributed by atoms with E-state index in [4.69, 9.17) is 14.5 Å². The Labute approximate surface area is 307 Å². The molecule has 0 spiro atoms. The summed E-state index contributed by atoms with van der Waals surface area (Å²) in [7, 11) is -5.28. The van der Waals surface area contributed by atoms with Crippen LogP contribution >= 0.6 is 7.82 Å². The summed E-state index contributed by atoms with van der Waals surface area (Å²) in [5.74, 6) is -1.48. The molecule has 17 heteroatoms. The molecule has 37 heavy (non-hydrogen) atoms. The van der Waals surface area contributed by atoms with Gasteiger partial charge in [-0.1, -0.05) is 58.3 Å². The molecule has 0 aliphatic carbocycles. The predicted octanol–water partition coefficient (Wildman–Crippen LogP) is -1.30. The first-order valence-electron chi connectivity index (χ1n) is 11.4. The second-order valence-electron chi connectivity index (χ2n) is 8.39. The van der Waals surface area contributed by atoms with Gasteiger partial charge in [0, 0.05) is 125 Å². The fraction of sp³-hybridized carbons (Fsp3) is 0.900. The molecule has 0 aromatic carbocycles. The molecule has 1 fully saturated rings. The van der Waals surface area contributed by atoms with E-state index in [2.05, 4.69) is 11.4 Å². The van der Waals surface area contributed by atoms with E-state index in [1.54, 1.807) is 0 Å². The normalized spacial score (nSPS) is 24.9. The Balaban J connectivity index is -0.00000136. The van der Waals surface area contributed by atoms with Crippen LogP contribution < -0.4 is 5.32 Å². The van der Waals surface area contributed by atoms with E-state index in [9.17, 15) is 34.6 Å². The third-order valence-electron chi connectivity index (χ3n) is 5.48. The minimum atomic E-state index is -5.28. The molecule has 1 aliphatic heterocycles. The van der Waals surface area contributed by atoms with Crippen molar-refractivity contribution < 1.29 is 53.6 Å². The standard InChI is InChI=1S/C20H38NO11P.4Na/c1-2-3-4-5-6-7-8-9-10-11-14(23)12-16(24)21-20(27)18(26)17(25)15(13-22)31-19(20)32-33(28,29)30;;;;/h15,17-19,22,25-27H,2-13H2,1H3,(H,21,24)(H2,28,29,30);;;;/t15-,17-,18+,19-,20-;;;;/m1..../s1. The Hall–Kier alpha value is 3.05. The number of carbonyl (C=O) groups is 2. The first-order chi connectivity index (χ1) is 15.4. The minimum absolute atomic E-state index is 0. The van der Waals surface area contributed by atoms with Crippen LogP contribution in [0.4, 0.5) is 0 Å². The predicted molar refractivity (Wildman–Crippen MR) is 138 cm³/mol. The molecule has 5 atom stereocenters. The summed E-state index contributed by atoms with van der Waals surface area (Å²) in [6.07, 6.45) is 0.956. The van der Waals surface area contributed by atoms with Crippen molar-refractivity contribution in [3.8, 4) is 0 Å². The molecule has 0 saturated carbocycles. The van der Waals surface area contributed by atoms with Crippen LogP contribution in [0.2, 0.25) is 0 Å². The number of phosphoric acid groups is 1. The van der Waals surface area contributed by atoms with Gasteiger partial charge in [0.25, 0.3) is 0 Å². The number of aliphatic hydroxyl groups excluding tert-OH is 3. The Morgan fingerprint density at radius 2 is 1.43 bits per heavy atom. The van der Waals surface area contributed by atoms with Gasteiger partial charge in [-0.25, -0.2) is 4.57 Å². The molecule has 4 radical (unpaired) electrons. The molecule has 1 saturated heterocycles.